The van der Waals surface area contributed by atoms with Crippen LogP contribution in [0.5, 0.6) is 0 Å². The number of hydrogen-bond acceptors (Lipinski definition) is 4. The van der Waals surface area contributed by atoms with E-state index in [0.29, 0.717) is 5.92 Å². The number of hydrogen-bond donors (Lipinski definition) is 0. The summed E-state index contributed by atoms with van der Waals surface area (Å²) < 4.78 is 7.75. The van der Waals surface area contributed by atoms with Crippen LogP contribution < -0.4 is 0 Å². The van der Waals surface area contributed by atoms with Crippen LogP contribution in [0.4, 0.5) is 0 Å². The van der Waals surface area contributed by atoms with E-state index < -0.39 is 0 Å². The first-order valence-corrected chi connectivity index (χ1v) is 9.36. The van der Waals surface area contributed by atoms with E-state index in [-0.39, 0.29) is 0 Å². The van der Waals surface area contributed by atoms with Crippen molar-refractivity contribution in [3.05, 3.63) is 35.2 Å². The topological polar surface area (TPSA) is 47.1 Å². The van der Waals surface area contributed by atoms with Crippen molar-refractivity contribution in [3.8, 4) is 0 Å². The van der Waals surface area contributed by atoms with Gasteiger partial charge in [0.15, 0.2) is 0 Å². The maximum absolute atomic E-state index is 5.32. The van der Waals surface area contributed by atoms with Crippen molar-refractivity contribution < 1.29 is 4.52 Å². The number of imidazole rings is 1. The van der Waals surface area contributed by atoms with Gasteiger partial charge in [0.2, 0.25) is 0 Å². The highest BCUT2D eigenvalue weighted by Crippen LogP contribution is 2.31. The van der Waals surface area contributed by atoms with Crippen LogP contribution in [-0.2, 0) is 13.1 Å². The van der Waals surface area contributed by atoms with E-state index in [2.05, 4.69) is 20.8 Å². The van der Waals surface area contributed by atoms with Gasteiger partial charge in [-0.25, -0.2) is 4.98 Å². The van der Waals surface area contributed by atoms with Crippen LogP contribution in [-0.4, -0.2) is 32.7 Å². The summed E-state index contributed by atoms with van der Waals surface area (Å²) in [6.45, 7) is 8.41. The fraction of sp³-hybridized carbons (Fsp3) is 0.684. The van der Waals surface area contributed by atoms with Crippen LogP contribution in [0.1, 0.15) is 60.9 Å². The maximum Gasteiger partial charge on any atom is 0.138 e. The zero-order valence-corrected chi connectivity index (χ0v) is 14.9. The fourth-order valence-corrected chi connectivity index (χ4v) is 4.15. The molecule has 0 aromatic carbocycles. The molecule has 2 aliphatic rings. The average Bonchev–Trinajstić information content (AvgIpc) is 3.13. The molecule has 1 aliphatic carbocycles. The second-order valence-corrected chi connectivity index (χ2v) is 7.61. The number of rotatable bonds is 5. The summed E-state index contributed by atoms with van der Waals surface area (Å²) in [4.78, 5) is 7.27. The molecule has 1 saturated carbocycles. The summed E-state index contributed by atoms with van der Waals surface area (Å²) in [6.07, 6.45) is 10.8. The van der Waals surface area contributed by atoms with Gasteiger partial charge in [0.05, 0.1) is 5.69 Å². The molecular formula is C19H28N4O. The minimum absolute atomic E-state index is 0.550. The molecule has 2 fully saturated rings. The SMILES string of the molecule is Cc1noc(C)c1CN1CCC[C@@H](c2nccn2CC2CCC2)C1. The first-order valence-electron chi connectivity index (χ1n) is 9.36. The van der Waals surface area contributed by atoms with Crippen LogP contribution >= 0.6 is 0 Å². The van der Waals surface area contributed by atoms with Crippen LogP contribution in [0.2, 0.25) is 0 Å². The Bertz CT molecular complexity index is 666. The highest BCUT2D eigenvalue weighted by molar-refractivity contribution is 5.20. The zero-order chi connectivity index (χ0) is 16.5. The molecule has 5 heteroatoms. The summed E-state index contributed by atoms with van der Waals surface area (Å²) >= 11 is 0. The molecule has 1 aliphatic heterocycles. The Kier molecular flexibility index (Phi) is 4.44. The molecule has 0 spiro atoms. The van der Waals surface area contributed by atoms with Crippen molar-refractivity contribution in [2.75, 3.05) is 13.1 Å². The predicted octanol–water partition coefficient (Wildman–Crippen LogP) is 3.67. The molecule has 2 aromatic rings. The van der Waals surface area contributed by atoms with E-state index >= 15 is 0 Å². The lowest BCUT2D eigenvalue weighted by atomic mass is 9.85. The summed E-state index contributed by atoms with van der Waals surface area (Å²) in [6, 6.07) is 0. The molecule has 5 nitrogen and oxygen atoms in total. The van der Waals surface area contributed by atoms with Gasteiger partial charge in [-0.2, -0.15) is 0 Å². The second-order valence-electron chi connectivity index (χ2n) is 7.61. The molecule has 2 aromatic heterocycles. The van der Waals surface area contributed by atoms with Crippen LogP contribution in [0.25, 0.3) is 0 Å². The quantitative estimate of drug-likeness (QED) is 0.840. The minimum Gasteiger partial charge on any atom is -0.361 e. The van der Waals surface area contributed by atoms with Gasteiger partial charge in [-0.3, -0.25) is 4.90 Å². The van der Waals surface area contributed by atoms with Gasteiger partial charge in [-0.1, -0.05) is 11.6 Å². The Morgan fingerprint density at radius 2 is 2.08 bits per heavy atom. The molecule has 0 N–H and O–H groups in total. The van der Waals surface area contributed by atoms with E-state index in [1.54, 1.807) is 0 Å². The van der Waals surface area contributed by atoms with Gasteiger partial charge < -0.3 is 9.09 Å². The van der Waals surface area contributed by atoms with Crippen molar-refractivity contribution in [1.82, 2.24) is 19.6 Å². The summed E-state index contributed by atoms with van der Waals surface area (Å²) in [5.74, 6) is 3.68. The summed E-state index contributed by atoms with van der Waals surface area (Å²) in [7, 11) is 0. The van der Waals surface area contributed by atoms with Crippen molar-refractivity contribution in [2.45, 2.75) is 65.0 Å². The summed E-state index contributed by atoms with van der Waals surface area (Å²) in [5.41, 5.74) is 2.29. The lowest BCUT2D eigenvalue weighted by molar-refractivity contribution is 0.190. The van der Waals surface area contributed by atoms with Gasteiger partial charge >= 0.3 is 0 Å². The van der Waals surface area contributed by atoms with Crippen LogP contribution in [0, 0.1) is 19.8 Å². The minimum atomic E-state index is 0.550. The molecule has 0 radical (unpaired) electrons. The van der Waals surface area contributed by atoms with E-state index in [1.165, 1.54) is 43.5 Å². The normalized spacial score (nSPS) is 22.7. The predicted molar refractivity (Wildman–Crippen MR) is 92.8 cm³/mol. The van der Waals surface area contributed by atoms with E-state index in [1.807, 2.05) is 20.0 Å². The molecule has 0 amide bonds. The Hall–Kier alpha value is -1.62. The largest absolute Gasteiger partial charge is 0.361 e. The molecule has 3 heterocycles. The van der Waals surface area contributed by atoms with Gasteiger partial charge in [-0.05, 0) is 52.0 Å². The Balaban J connectivity index is 1.44. The van der Waals surface area contributed by atoms with Crippen molar-refractivity contribution in [3.63, 3.8) is 0 Å². The van der Waals surface area contributed by atoms with Crippen molar-refractivity contribution in [2.24, 2.45) is 5.92 Å². The average molecular weight is 328 g/mol. The van der Waals surface area contributed by atoms with Gasteiger partial charge in [0, 0.05) is 43.5 Å². The number of likely N-dealkylation sites (tertiary alicyclic amines) is 1. The number of aryl methyl sites for hydroxylation is 2. The Labute approximate surface area is 144 Å². The molecule has 1 atom stereocenters. The first kappa shape index (κ1) is 15.9. The molecule has 24 heavy (non-hydrogen) atoms. The first-order chi connectivity index (χ1) is 11.7. The number of piperidine rings is 1. The smallest absolute Gasteiger partial charge is 0.138 e. The van der Waals surface area contributed by atoms with Crippen LogP contribution in [0.3, 0.4) is 0 Å². The number of nitrogens with zero attached hydrogens (tertiary/aromatic N) is 4. The molecule has 4 rings (SSSR count). The highest BCUT2D eigenvalue weighted by atomic mass is 16.5. The second kappa shape index (κ2) is 6.71. The summed E-state index contributed by atoms with van der Waals surface area (Å²) in [5, 5.41) is 4.10. The molecule has 1 saturated heterocycles. The van der Waals surface area contributed by atoms with Gasteiger partial charge in [0.25, 0.3) is 0 Å². The van der Waals surface area contributed by atoms with E-state index in [0.717, 1.165) is 43.6 Å². The Morgan fingerprint density at radius 1 is 1.21 bits per heavy atom. The van der Waals surface area contributed by atoms with Crippen molar-refractivity contribution in [1.29, 1.82) is 0 Å². The lowest BCUT2D eigenvalue weighted by Crippen LogP contribution is -2.35. The fourth-order valence-electron chi connectivity index (χ4n) is 4.15. The number of aromatic nitrogens is 3. The lowest BCUT2D eigenvalue weighted by Gasteiger charge is -2.33. The van der Waals surface area contributed by atoms with Crippen LogP contribution in [0.15, 0.2) is 16.9 Å². The van der Waals surface area contributed by atoms with Gasteiger partial charge in [0.1, 0.15) is 11.6 Å². The third-order valence-corrected chi connectivity index (χ3v) is 5.86. The third kappa shape index (κ3) is 3.14. The Morgan fingerprint density at radius 3 is 2.79 bits per heavy atom. The standard InChI is InChI=1S/C19H28N4O/c1-14-18(15(2)24-21-14)13-22-9-4-7-17(12-22)19-20-8-10-23(19)11-16-5-3-6-16/h8,10,16-17H,3-7,9,11-13H2,1-2H3/t17-/m1/s1. The highest BCUT2D eigenvalue weighted by Gasteiger charge is 2.27. The third-order valence-electron chi connectivity index (χ3n) is 5.86. The molecule has 0 bridgehead atoms. The zero-order valence-electron chi connectivity index (χ0n) is 14.9. The molecule has 0 unspecified atom stereocenters. The molecular weight excluding hydrogens is 300 g/mol. The monoisotopic (exact) mass is 328 g/mol. The van der Waals surface area contributed by atoms with E-state index in [4.69, 9.17) is 9.51 Å². The van der Waals surface area contributed by atoms with Gasteiger partial charge in [-0.15, -0.1) is 0 Å². The maximum atomic E-state index is 5.32. The van der Waals surface area contributed by atoms with E-state index in [9.17, 15) is 0 Å². The molecule has 130 valence electrons. The van der Waals surface area contributed by atoms with Crippen molar-refractivity contribution >= 4 is 0 Å².